The summed E-state index contributed by atoms with van der Waals surface area (Å²) in [7, 11) is 0. The molecule has 0 fully saturated rings. The lowest BCUT2D eigenvalue weighted by Crippen LogP contribution is -2.36. The molecule has 8 heteroatoms. The summed E-state index contributed by atoms with van der Waals surface area (Å²) in [4.78, 5) is 11.5. The van der Waals surface area contributed by atoms with Crippen LogP contribution in [0.25, 0.3) is 0 Å². The van der Waals surface area contributed by atoms with Crippen LogP contribution in [0.4, 0.5) is 18.0 Å². The Bertz CT molecular complexity index is 727. The lowest BCUT2D eigenvalue weighted by molar-refractivity contribution is 0.0158. The van der Waals surface area contributed by atoms with Crippen LogP contribution in [-0.2, 0) is 11.3 Å². The van der Waals surface area contributed by atoms with Gasteiger partial charge in [-0.25, -0.2) is 18.0 Å². The molecule has 2 aromatic rings. The van der Waals surface area contributed by atoms with Gasteiger partial charge >= 0.3 is 6.09 Å². The number of nitrogens with one attached hydrogen (secondary N) is 1. The molecule has 134 valence electrons. The number of alkyl carbamates (subject to hydrolysis) is 1. The number of hydrogen-bond donors (Lipinski definition) is 3. The van der Waals surface area contributed by atoms with Crippen LogP contribution >= 0.6 is 0 Å². The van der Waals surface area contributed by atoms with Crippen LogP contribution in [0, 0.1) is 17.5 Å². The van der Waals surface area contributed by atoms with Gasteiger partial charge in [-0.3, -0.25) is 0 Å². The minimum absolute atomic E-state index is 0.00490. The predicted molar refractivity (Wildman–Crippen MR) is 81.9 cm³/mol. The minimum atomic E-state index is -1.93. The average Bonchev–Trinajstić information content (AvgIpc) is 2.61. The molecular weight excluding hydrogens is 339 g/mol. The van der Waals surface area contributed by atoms with Crippen molar-refractivity contribution in [1.82, 2.24) is 5.32 Å². The molecule has 0 heterocycles. The summed E-state index contributed by atoms with van der Waals surface area (Å²) in [6.45, 7) is -0.512. The Morgan fingerprint density at radius 2 is 1.80 bits per heavy atom. The molecule has 5 nitrogen and oxygen atoms in total. The molecule has 0 spiro atoms. The third kappa shape index (κ3) is 5.20. The van der Waals surface area contributed by atoms with Crippen molar-refractivity contribution in [2.75, 3.05) is 6.54 Å². The van der Waals surface area contributed by atoms with Crippen LogP contribution in [0.1, 0.15) is 17.2 Å². The molecule has 0 radical (unpaired) electrons. The fraction of sp³-hybridized carbons (Fsp3) is 0.235. The zero-order chi connectivity index (χ0) is 18.4. The molecular formula is C17H16F3NO4. The van der Waals surface area contributed by atoms with Crippen molar-refractivity contribution < 1.29 is 32.9 Å². The summed E-state index contributed by atoms with van der Waals surface area (Å²) < 4.78 is 44.7. The number of rotatable bonds is 6. The van der Waals surface area contributed by atoms with E-state index in [1.165, 1.54) is 0 Å². The first-order chi connectivity index (χ1) is 11.9. The molecule has 0 bridgehead atoms. The first kappa shape index (κ1) is 18.8. The highest BCUT2D eigenvalue weighted by molar-refractivity contribution is 5.67. The Labute approximate surface area is 141 Å². The van der Waals surface area contributed by atoms with Crippen LogP contribution in [0.5, 0.6) is 0 Å². The predicted octanol–water partition coefficient (Wildman–Crippen LogP) is 2.42. The van der Waals surface area contributed by atoms with Crippen molar-refractivity contribution in [3.8, 4) is 0 Å². The number of aliphatic hydroxyl groups excluding tert-OH is 2. The van der Waals surface area contributed by atoms with E-state index in [1.54, 1.807) is 30.3 Å². The number of aliphatic hydroxyl groups is 2. The molecule has 2 atom stereocenters. The number of hydrogen-bond acceptors (Lipinski definition) is 4. The third-order valence-electron chi connectivity index (χ3n) is 3.37. The second kappa shape index (κ2) is 8.50. The standard InChI is InChI=1S/C17H16F3NO4/c18-11-6-12(15(20)13(19)7-11)16(23)14(22)8-21-17(24)25-9-10-4-2-1-3-5-10/h1-7,14,16,22-23H,8-9H2,(H,21,24). The van der Waals surface area contributed by atoms with Gasteiger partial charge in [-0.2, -0.15) is 0 Å². The minimum Gasteiger partial charge on any atom is -0.445 e. The van der Waals surface area contributed by atoms with Gasteiger partial charge in [-0.05, 0) is 11.6 Å². The Morgan fingerprint density at radius 3 is 2.48 bits per heavy atom. The Hall–Kier alpha value is -2.58. The Balaban J connectivity index is 1.87. The van der Waals surface area contributed by atoms with Crippen molar-refractivity contribution in [3.05, 3.63) is 71.0 Å². The quantitative estimate of drug-likeness (QED) is 0.696. The molecule has 2 unspecified atom stereocenters. The van der Waals surface area contributed by atoms with Crippen LogP contribution in [0.3, 0.4) is 0 Å². The van der Waals surface area contributed by atoms with Crippen molar-refractivity contribution in [1.29, 1.82) is 0 Å². The van der Waals surface area contributed by atoms with E-state index >= 15 is 0 Å². The van der Waals surface area contributed by atoms with E-state index in [9.17, 15) is 28.2 Å². The van der Waals surface area contributed by atoms with Gasteiger partial charge < -0.3 is 20.3 Å². The summed E-state index contributed by atoms with van der Waals surface area (Å²) in [6.07, 6.45) is -4.50. The molecule has 0 aliphatic carbocycles. The van der Waals surface area contributed by atoms with Gasteiger partial charge in [-0.1, -0.05) is 30.3 Å². The maximum Gasteiger partial charge on any atom is 0.407 e. The maximum absolute atomic E-state index is 13.6. The monoisotopic (exact) mass is 355 g/mol. The number of ether oxygens (including phenoxy) is 1. The van der Waals surface area contributed by atoms with Crippen LogP contribution in [0.2, 0.25) is 0 Å². The topological polar surface area (TPSA) is 78.8 Å². The fourth-order valence-corrected chi connectivity index (χ4v) is 2.07. The number of halogens is 3. The van der Waals surface area contributed by atoms with Gasteiger partial charge in [0, 0.05) is 18.2 Å². The summed E-state index contributed by atoms with van der Waals surface area (Å²) in [5.41, 5.74) is -0.00000635. The van der Waals surface area contributed by atoms with E-state index in [2.05, 4.69) is 5.32 Å². The highest BCUT2D eigenvalue weighted by Crippen LogP contribution is 2.23. The number of benzene rings is 2. The molecule has 0 aliphatic rings. The third-order valence-corrected chi connectivity index (χ3v) is 3.37. The van der Waals surface area contributed by atoms with Gasteiger partial charge in [0.05, 0.1) is 0 Å². The van der Waals surface area contributed by atoms with Gasteiger partial charge in [0.1, 0.15) is 24.6 Å². The van der Waals surface area contributed by atoms with E-state index in [4.69, 9.17) is 4.74 Å². The first-order valence-corrected chi connectivity index (χ1v) is 7.33. The zero-order valence-corrected chi connectivity index (χ0v) is 13.0. The van der Waals surface area contributed by atoms with Crippen molar-refractivity contribution in [3.63, 3.8) is 0 Å². The molecule has 3 N–H and O–H groups in total. The Kier molecular flexibility index (Phi) is 6.37. The van der Waals surface area contributed by atoms with Crippen molar-refractivity contribution in [2.45, 2.75) is 18.8 Å². The fourth-order valence-electron chi connectivity index (χ4n) is 2.07. The summed E-state index contributed by atoms with van der Waals surface area (Å²) >= 11 is 0. The Morgan fingerprint density at radius 1 is 1.12 bits per heavy atom. The molecule has 0 aromatic heterocycles. The van der Waals surface area contributed by atoms with E-state index < -0.39 is 47.9 Å². The number of amides is 1. The normalized spacial score (nSPS) is 13.2. The molecule has 2 aromatic carbocycles. The number of carbonyl (C=O) groups is 1. The van der Waals surface area contributed by atoms with E-state index in [1.807, 2.05) is 0 Å². The molecule has 0 saturated heterocycles. The van der Waals surface area contributed by atoms with Gasteiger partial charge in [-0.15, -0.1) is 0 Å². The molecule has 25 heavy (non-hydrogen) atoms. The van der Waals surface area contributed by atoms with Gasteiger partial charge in [0.15, 0.2) is 11.6 Å². The second-order valence-electron chi connectivity index (χ2n) is 5.25. The zero-order valence-electron chi connectivity index (χ0n) is 13.0. The van der Waals surface area contributed by atoms with Crippen LogP contribution in [-0.4, -0.2) is 29.0 Å². The SMILES string of the molecule is O=C(NCC(O)C(O)c1cc(F)cc(F)c1F)OCc1ccccc1. The van der Waals surface area contributed by atoms with Crippen molar-refractivity contribution >= 4 is 6.09 Å². The molecule has 0 aliphatic heterocycles. The lowest BCUT2D eigenvalue weighted by Gasteiger charge is -2.19. The van der Waals surface area contributed by atoms with E-state index in [0.717, 1.165) is 5.56 Å². The lowest BCUT2D eigenvalue weighted by atomic mass is 10.0. The van der Waals surface area contributed by atoms with E-state index in [0.29, 0.717) is 12.1 Å². The van der Waals surface area contributed by atoms with Gasteiger partial charge in [0.25, 0.3) is 0 Å². The van der Waals surface area contributed by atoms with Crippen LogP contribution < -0.4 is 5.32 Å². The molecule has 2 rings (SSSR count). The largest absolute Gasteiger partial charge is 0.445 e. The van der Waals surface area contributed by atoms with Crippen molar-refractivity contribution in [2.24, 2.45) is 0 Å². The van der Waals surface area contributed by atoms with Gasteiger partial charge in [0.2, 0.25) is 0 Å². The summed E-state index contributed by atoms with van der Waals surface area (Å²) in [6, 6.07) is 9.71. The average molecular weight is 355 g/mol. The highest BCUT2D eigenvalue weighted by atomic mass is 19.2. The maximum atomic E-state index is 13.6. The first-order valence-electron chi connectivity index (χ1n) is 7.33. The smallest absolute Gasteiger partial charge is 0.407 e. The van der Waals surface area contributed by atoms with Crippen LogP contribution in [0.15, 0.2) is 42.5 Å². The summed E-state index contributed by atoms with van der Waals surface area (Å²) in [5, 5.41) is 21.8. The number of carbonyl (C=O) groups excluding carboxylic acids is 1. The second-order valence-corrected chi connectivity index (χ2v) is 5.25. The molecule has 0 saturated carbocycles. The molecule has 1 amide bonds. The highest BCUT2D eigenvalue weighted by Gasteiger charge is 2.25. The summed E-state index contributed by atoms with van der Waals surface area (Å²) in [5.74, 6) is -4.06. The van der Waals surface area contributed by atoms with E-state index in [-0.39, 0.29) is 6.61 Å².